The van der Waals surface area contributed by atoms with Gasteiger partial charge in [-0.15, -0.1) is 0 Å². The summed E-state index contributed by atoms with van der Waals surface area (Å²) in [5.41, 5.74) is 0. The van der Waals surface area contributed by atoms with Crippen molar-refractivity contribution in [3.05, 3.63) is 12.2 Å². The molecule has 3 atom stereocenters. The first kappa shape index (κ1) is 74.2. The van der Waals surface area contributed by atoms with Crippen LogP contribution in [0, 0.1) is 0 Å². The molecule has 12 heteroatoms. The predicted molar refractivity (Wildman–Crippen MR) is 317 cm³/mol. The number of phosphoric acid groups is 1. The average Bonchev–Trinajstić information content (AvgIpc) is 3.41. The van der Waals surface area contributed by atoms with Crippen LogP contribution in [0.1, 0.15) is 342 Å². The summed E-state index contributed by atoms with van der Waals surface area (Å²) >= 11 is 0. The zero-order valence-corrected chi connectivity index (χ0v) is 50.9. The van der Waals surface area contributed by atoms with E-state index in [-0.39, 0.29) is 25.9 Å². The van der Waals surface area contributed by atoms with Gasteiger partial charge >= 0.3 is 25.7 Å². The zero-order chi connectivity index (χ0) is 55.5. The Hall–Kier alpha value is -1.78. The minimum Gasteiger partial charge on any atom is -0.462 e. The standard InChI is InChI=1S/C64H123O11P/c1-4-7-10-13-16-19-22-24-26-28-30-32-34-36-39-41-44-47-50-53-62(66)71-57-61(75-64(68)55-52-49-46-43-40-37-35-33-31-29-27-25-23-20-17-14-11-8-5-2)59-73-76(69,70)72-58-60(56-65)74-63(67)54-51-48-45-42-38-21-18-15-12-9-6-3/h25,27,60-61,65H,4-24,26,28-59H2,1-3H3,(H,69,70)/b27-25-. The molecule has 3 unspecified atom stereocenters. The van der Waals surface area contributed by atoms with Crippen molar-refractivity contribution in [2.75, 3.05) is 26.4 Å². The van der Waals surface area contributed by atoms with Crippen molar-refractivity contribution in [3.63, 3.8) is 0 Å². The van der Waals surface area contributed by atoms with Crippen LogP contribution in [0.4, 0.5) is 0 Å². The Morgan fingerprint density at radius 2 is 0.605 bits per heavy atom. The monoisotopic (exact) mass is 1100 g/mol. The van der Waals surface area contributed by atoms with Gasteiger partial charge < -0.3 is 24.2 Å². The molecule has 76 heavy (non-hydrogen) atoms. The Kier molecular flexibility index (Phi) is 58.0. The third-order valence-electron chi connectivity index (χ3n) is 14.7. The summed E-state index contributed by atoms with van der Waals surface area (Å²) < 4.78 is 39.7. The Balaban J connectivity index is 4.63. The van der Waals surface area contributed by atoms with Crippen molar-refractivity contribution in [2.45, 2.75) is 354 Å². The zero-order valence-electron chi connectivity index (χ0n) is 50.0. The highest BCUT2D eigenvalue weighted by molar-refractivity contribution is 7.47. The van der Waals surface area contributed by atoms with Crippen LogP contribution in [-0.4, -0.2) is 66.5 Å². The van der Waals surface area contributed by atoms with Gasteiger partial charge in [0.15, 0.2) is 6.10 Å². The fourth-order valence-electron chi connectivity index (χ4n) is 9.71. The van der Waals surface area contributed by atoms with Gasteiger partial charge in [0.25, 0.3) is 0 Å². The van der Waals surface area contributed by atoms with E-state index in [0.717, 1.165) is 57.8 Å². The van der Waals surface area contributed by atoms with Crippen molar-refractivity contribution in [1.82, 2.24) is 0 Å². The second-order valence-corrected chi connectivity index (χ2v) is 23.8. The summed E-state index contributed by atoms with van der Waals surface area (Å²) in [6.45, 7) is 4.72. The largest absolute Gasteiger partial charge is 0.472 e. The van der Waals surface area contributed by atoms with E-state index in [1.54, 1.807) is 0 Å². The van der Waals surface area contributed by atoms with E-state index in [2.05, 4.69) is 32.9 Å². The molecule has 0 amide bonds. The molecule has 0 rings (SSSR count). The fraction of sp³-hybridized carbons (Fsp3) is 0.922. The van der Waals surface area contributed by atoms with E-state index in [9.17, 15) is 28.9 Å². The second-order valence-electron chi connectivity index (χ2n) is 22.3. The molecule has 0 fully saturated rings. The maximum absolute atomic E-state index is 13.0. The number of ether oxygens (including phenoxy) is 3. The Morgan fingerprint density at radius 1 is 0.355 bits per heavy atom. The minimum atomic E-state index is -4.74. The van der Waals surface area contributed by atoms with Crippen LogP contribution in [-0.2, 0) is 42.2 Å². The SMILES string of the molecule is CCCCCCCC/C=C\CCCCCCCCCCCC(=O)OC(COC(=O)CCCCCCCCCCCCCCCCCCCCC)COP(=O)(O)OCC(CO)OC(=O)CCCCCCCCCCCCC. The number of aliphatic hydroxyl groups is 1. The molecule has 0 aromatic heterocycles. The Bertz CT molecular complexity index is 1330. The highest BCUT2D eigenvalue weighted by Gasteiger charge is 2.28. The predicted octanol–water partition coefficient (Wildman–Crippen LogP) is 19.6. The summed E-state index contributed by atoms with van der Waals surface area (Å²) in [7, 11) is -4.74. The van der Waals surface area contributed by atoms with Crippen molar-refractivity contribution < 1.29 is 52.2 Å². The fourth-order valence-corrected chi connectivity index (χ4v) is 10.5. The van der Waals surface area contributed by atoms with Gasteiger partial charge in [0, 0.05) is 19.3 Å². The van der Waals surface area contributed by atoms with Gasteiger partial charge in [-0.25, -0.2) is 4.57 Å². The molecule has 0 aliphatic rings. The topological polar surface area (TPSA) is 155 Å². The van der Waals surface area contributed by atoms with Crippen LogP contribution in [0.25, 0.3) is 0 Å². The van der Waals surface area contributed by atoms with Gasteiger partial charge in [-0.1, -0.05) is 290 Å². The molecule has 0 aliphatic carbocycles. The summed E-state index contributed by atoms with van der Waals surface area (Å²) in [5, 5.41) is 9.82. The molecule has 450 valence electrons. The first-order valence-corrected chi connectivity index (χ1v) is 34.1. The van der Waals surface area contributed by atoms with Crippen molar-refractivity contribution >= 4 is 25.7 Å². The number of phosphoric ester groups is 1. The number of allylic oxidation sites excluding steroid dienone is 2. The maximum Gasteiger partial charge on any atom is 0.472 e. The molecule has 0 bridgehead atoms. The minimum absolute atomic E-state index is 0.173. The van der Waals surface area contributed by atoms with Gasteiger partial charge in [0.2, 0.25) is 0 Å². The highest BCUT2D eigenvalue weighted by Crippen LogP contribution is 2.43. The smallest absolute Gasteiger partial charge is 0.462 e. The molecule has 0 aromatic rings. The maximum atomic E-state index is 13.0. The van der Waals surface area contributed by atoms with E-state index in [1.807, 2.05) is 0 Å². The number of hydrogen-bond acceptors (Lipinski definition) is 10. The van der Waals surface area contributed by atoms with E-state index in [0.29, 0.717) is 19.3 Å². The Labute approximate surface area is 468 Å². The molecule has 0 spiro atoms. The lowest BCUT2D eigenvalue weighted by molar-refractivity contribution is -0.161. The third kappa shape index (κ3) is 56.9. The van der Waals surface area contributed by atoms with Crippen LogP contribution in [0.15, 0.2) is 12.2 Å². The van der Waals surface area contributed by atoms with Gasteiger partial charge in [0.05, 0.1) is 19.8 Å². The number of unbranched alkanes of at least 4 members (excludes halogenated alkanes) is 43. The van der Waals surface area contributed by atoms with Crippen LogP contribution in [0.2, 0.25) is 0 Å². The molecular weight excluding hydrogens is 976 g/mol. The van der Waals surface area contributed by atoms with Crippen molar-refractivity contribution in [3.8, 4) is 0 Å². The molecule has 0 saturated heterocycles. The van der Waals surface area contributed by atoms with Gasteiger partial charge in [0.1, 0.15) is 12.7 Å². The molecular formula is C64H123O11P. The van der Waals surface area contributed by atoms with Crippen LogP contribution >= 0.6 is 7.82 Å². The highest BCUT2D eigenvalue weighted by atomic mass is 31.2. The quantitative estimate of drug-likeness (QED) is 0.0197. The molecule has 0 aliphatic heterocycles. The summed E-state index contributed by atoms with van der Waals surface area (Å²) in [6, 6.07) is 0. The van der Waals surface area contributed by atoms with Crippen molar-refractivity contribution in [2.24, 2.45) is 0 Å². The Morgan fingerprint density at radius 3 is 0.908 bits per heavy atom. The summed E-state index contributed by atoms with van der Waals surface area (Å²) in [5.74, 6) is -1.43. The molecule has 11 nitrogen and oxygen atoms in total. The lowest BCUT2D eigenvalue weighted by Gasteiger charge is -2.21. The number of hydrogen-bond donors (Lipinski definition) is 2. The van der Waals surface area contributed by atoms with Gasteiger partial charge in [-0.2, -0.15) is 0 Å². The summed E-state index contributed by atoms with van der Waals surface area (Å²) in [6.07, 6.45) is 60.3. The molecule has 0 heterocycles. The molecule has 0 radical (unpaired) electrons. The average molecular weight is 1100 g/mol. The molecule has 0 saturated carbocycles. The van der Waals surface area contributed by atoms with Crippen LogP contribution < -0.4 is 0 Å². The number of aliphatic hydroxyl groups excluding tert-OH is 1. The van der Waals surface area contributed by atoms with Gasteiger partial charge in [-0.05, 0) is 44.9 Å². The lowest BCUT2D eigenvalue weighted by Crippen LogP contribution is -2.30. The first-order valence-electron chi connectivity index (χ1n) is 32.6. The number of carbonyl (C=O) groups excluding carboxylic acids is 3. The second kappa shape index (κ2) is 59.3. The van der Waals surface area contributed by atoms with Crippen LogP contribution in [0.5, 0.6) is 0 Å². The lowest BCUT2D eigenvalue weighted by atomic mass is 10.0. The van der Waals surface area contributed by atoms with Crippen LogP contribution in [0.3, 0.4) is 0 Å². The van der Waals surface area contributed by atoms with Gasteiger partial charge in [-0.3, -0.25) is 23.4 Å². The number of carbonyl (C=O) groups is 3. The van der Waals surface area contributed by atoms with E-state index >= 15 is 0 Å². The molecule has 0 aromatic carbocycles. The first-order chi connectivity index (χ1) is 37.2. The van der Waals surface area contributed by atoms with E-state index in [4.69, 9.17) is 23.3 Å². The third-order valence-corrected chi connectivity index (χ3v) is 15.6. The summed E-state index contributed by atoms with van der Waals surface area (Å²) in [4.78, 5) is 48.7. The normalized spacial score (nSPS) is 13.3. The van der Waals surface area contributed by atoms with E-state index in [1.165, 1.54) is 225 Å². The number of rotatable bonds is 62. The van der Waals surface area contributed by atoms with Crippen molar-refractivity contribution in [1.29, 1.82) is 0 Å². The van der Waals surface area contributed by atoms with E-state index < -0.39 is 57.8 Å². The number of esters is 3. The molecule has 2 N–H and O–H groups in total.